The van der Waals surface area contributed by atoms with Crippen LogP contribution in [0, 0.1) is 11.3 Å². The minimum Gasteiger partial charge on any atom is -0.472 e. The Labute approximate surface area is 182 Å². The number of sulfone groups is 1. The lowest BCUT2D eigenvalue weighted by Crippen LogP contribution is -2.40. The van der Waals surface area contributed by atoms with E-state index in [1.165, 1.54) is 12.4 Å². The van der Waals surface area contributed by atoms with Crippen molar-refractivity contribution in [2.45, 2.75) is 68.2 Å². The van der Waals surface area contributed by atoms with Crippen LogP contribution in [-0.4, -0.2) is 41.7 Å². The van der Waals surface area contributed by atoms with Gasteiger partial charge in [0.25, 0.3) is 5.88 Å². The summed E-state index contributed by atoms with van der Waals surface area (Å²) in [5.41, 5.74) is 0.939. The van der Waals surface area contributed by atoms with E-state index in [1.54, 1.807) is 38.1 Å². The summed E-state index contributed by atoms with van der Waals surface area (Å²) in [7, 11) is -3.32. The van der Waals surface area contributed by atoms with Gasteiger partial charge >= 0.3 is 0 Å². The quantitative estimate of drug-likeness (QED) is 0.699. The van der Waals surface area contributed by atoms with Crippen LogP contribution >= 0.6 is 0 Å². The second-order valence-electron chi connectivity index (χ2n) is 7.90. The molecule has 3 rings (SSSR count). The van der Waals surface area contributed by atoms with Crippen molar-refractivity contribution in [3.05, 3.63) is 47.9 Å². The van der Waals surface area contributed by atoms with Gasteiger partial charge in [-0.25, -0.2) is 18.4 Å². The molecule has 0 bridgehead atoms. The van der Waals surface area contributed by atoms with E-state index in [2.05, 4.69) is 15.3 Å². The lowest BCUT2D eigenvalue weighted by Gasteiger charge is -2.29. The Morgan fingerprint density at radius 2 is 1.81 bits per heavy atom. The Balaban J connectivity index is 1.47. The third kappa shape index (κ3) is 5.79. The first kappa shape index (κ1) is 22.7. The van der Waals surface area contributed by atoms with Crippen molar-refractivity contribution in [1.82, 2.24) is 15.3 Å². The number of benzene rings is 1. The lowest BCUT2D eigenvalue weighted by atomic mass is 9.92. The van der Waals surface area contributed by atoms with E-state index >= 15 is 0 Å². The molecule has 0 spiro atoms. The van der Waals surface area contributed by atoms with Gasteiger partial charge < -0.3 is 10.1 Å². The van der Waals surface area contributed by atoms with Gasteiger partial charge in [0.2, 0.25) is 11.6 Å². The van der Waals surface area contributed by atoms with Crippen molar-refractivity contribution in [2.75, 3.05) is 0 Å². The van der Waals surface area contributed by atoms with Gasteiger partial charge in [0.05, 0.1) is 16.6 Å². The van der Waals surface area contributed by atoms with Gasteiger partial charge in [-0.2, -0.15) is 5.26 Å². The van der Waals surface area contributed by atoms with Crippen LogP contribution in [0.25, 0.3) is 0 Å². The molecular formula is C22H26N4O4S. The van der Waals surface area contributed by atoms with Gasteiger partial charge in [0, 0.05) is 18.4 Å². The van der Waals surface area contributed by atoms with Crippen molar-refractivity contribution >= 4 is 15.7 Å². The van der Waals surface area contributed by atoms with Crippen LogP contribution in [0.3, 0.4) is 0 Å². The molecule has 9 heteroatoms. The van der Waals surface area contributed by atoms with Crippen LogP contribution < -0.4 is 10.1 Å². The minimum absolute atomic E-state index is 0.0604. The molecule has 1 N–H and O–H groups in total. The average molecular weight is 443 g/mol. The first-order chi connectivity index (χ1) is 14.8. The molecule has 0 aliphatic heterocycles. The number of carbonyl (C=O) groups is 1. The molecule has 31 heavy (non-hydrogen) atoms. The van der Waals surface area contributed by atoms with E-state index in [4.69, 9.17) is 10.00 Å². The van der Waals surface area contributed by atoms with Crippen molar-refractivity contribution in [1.29, 1.82) is 5.26 Å². The van der Waals surface area contributed by atoms with Gasteiger partial charge in [-0.05, 0) is 57.2 Å². The number of ether oxygens (including phenoxy) is 1. The molecule has 0 radical (unpaired) electrons. The van der Waals surface area contributed by atoms with Crippen LogP contribution in [0.4, 0.5) is 0 Å². The molecule has 0 unspecified atom stereocenters. The third-order valence-electron chi connectivity index (χ3n) is 5.33. The number of aromatic nitrogens is 2. The molecule has 8 nitrogen and oxygen atoms in total. The third-order valence-corrected chi connectivity index (χ3v) is 7.50. The molecule has 1 aliphatic carbocycles. The number of hydrogen-bond acceptors (Lipinski definition) is 7. The molecule has 164 valence electrons. The topological polar surface area (TPSA) is 122 Å². The lowest BCUT2D eigenvalue weighted by molar-refractivity contribution is -0.121. The van der Waals surface area contributed by atoms with Crippen molar-refractivity contribution in [3.8, 4) is 11.9 Å². The van der Waals surface area contributed by atoms with Gasteiger partial charge in [-0.3, -0.25) is 4.79 Å². The number of nitrogens with zero attached hydrogens (tertiary/aromatic N) is 3. The molecule has 1 heterocycles. The summed E-state index contributed by atoms with van der Waals surface area (Å²) in [6.07, 6.45) is 6.11. The highest BCUT2D eigenvalue weighted by Crippen LogP contribution is 2.24. The van der Waals surface area contributed by atoms with Crippen molar-refractivity contribution in [2.24, 2.45) is 0 Å². The molecule has 1 saturated carbocycles. The van der Waals surface area contributed by atoms with Crippen LogP contribution in [-0.2, 0) is 21.1 Å². The number of nitrogens with one attached hydrogen (secondary N) is 1. The number of carbonyl (C=O) groups excluding carboxylic acids is 1. The maximum Gasteiger partial charge on any atom is 0.251 e. The SMILES string of the molecule is CC(C)S(=O)(=O)c1ccc(CC(=O)NC2CCC(Oc3nccnc3C#N)CC2)cc1. The van der Waals surface area contributed by atoms with Gasteiger partial charge in [0.15, 0.2) is 9.84 Å². The fourth-order valence-electron chi connectivity index (χ4n) is 3.50. The average Bonchev–Trinajstić information content (AvgIpc) is 2.75. The molecule has 1 fully saturated rings. The summed E-state index contributed by atoms with van der Waals surface area (Å²) in [6.45, 7) is 3.29. The Morgan fingerprint density at radius 3 is 2.42 bits per heavy atom. The molecule has 0 saturated heterocycles. The number of rotatable bonds is 7. The fraction of sp³-hybridized carbons (Fsp3) is 0.455. The van der Waals surface area contributed by atoms with E-state index in [9.17, 15) is 13.2 Å². The van der Waals surface area contributed by atoms with Gasteiger partial charge in [-0.15, -0.1) is 0 Å². The molecule has 1 aromatic carbocycles. The van der Waals surface area contributed by atoms with E-state index in [-0.39, 0.29) is 40.9 Å². The predicted molar refractivity (Wildman–Crippen MR) is 114 cm³/mol. The number of amides is 1. The fourth-order valence-corrected chi connectivity index (χ4v) is 4.56. The Hall–Kier alpha value is -2.99. The van der Waals surface area contributed by atoms with Gasteiger partial charge in [-0.1, -0.05) is 12.1 Å². The smallest absolute Gasteiger partial charge is 0.251 e. The van der Waals surface area contributed by atoms with Crippen molar-refractivity contribution < 1.29 is 17.9 Å². The standard InChI is InChI=1S/C22H26N4O4S/c1-15(2)31(28,29)19-9-3-16(4-10-19)13-21(27)26-17-5-7-18(8-6-17)30-22-20(14-23)24-11-12-25-22/h3-4,9-12,15,17-18H,5-8,13H2,1-2H3,(H,26,27). The second-order valence-corrected chi connectivity index (χ2v) is 10.4. The van der Waals surface area contributed by atoms with Crippen molar-refractivity contribution in [3.63, 3.8) is 0 Å². The van der Waals surface area contributed by atoms with E-state index < -0.39 is 15.1 Å². The zero-order valence-electron chi connectivity index (χ0n) is 17.6. The first-order valence-corrected chi connectivity index (χ1v) is 11.8. The van der Waals surface area contributed by atoms with E-state index in [0.717, 1.165) is 31.2 Å². The second kappa shape index (κ2) is 9.88. The normalized spacial score (nSPS) is 18.9. The maximum absolute atomic E-state index is 12.4. The van der Waals surface area contributed by atoms with Crippen LogP contribution in [0.5, 0.6) is 5.88 Å². The molecule has 0 atom stereocenters. The highest BCUT2D eigenvalue weighted by molar-refractivity contribution is 7.92. The number of nitriles is 1. The van der Waals surface area contributed by atoms with Crippen LogP contribution in [0.2, 0.25) is 0 Å². The molecule has 1 amide bonds. The maximum atomic E-state index is 12.4. The predicted octanol–water partition coefficient (Wildman–Crippen LogP) is 2.58. The molecule has 1 aliphatic rings. The largest absolute Gasteiger partial charge is 0.472 e. The molecular weight excluding hydrogens is 416 g/mol. The highest BCUT2D eigenvalue weighted by Gasteiger charge is 2.25. The first-order valence-electron chi connectivity index (χ1n) is 10.3. The summed E-state index contributed by atoms with van der Waals surface area (Å²) in [5, 5.41) is 11.6. The zero-order valence-corrected chi connectivity index (χ0v) is 18.4. The summed E-state index contributed by atoms with van der Waals surface area (Å²) in [4.78, 5) is 20.7. The summed E-state index contributed by atoms with van der Waals surface area (Å²) in [6, 6.07) is 8.52. The van der Waals surface area contributed by atoms with Crippen LogP contribution in [0.15, 0.2) is 41.6 Å². The minimum atomic E-state index is -3.32. The number of hydrogen-bond donors (Lipinski definition) is 1. The molecule has 1 aromatic heterocycles. The zero-order chi connectivity index (χ0) is 22.4. The van der Waals surface area contributed by atoms with E-state index in [1.807, 2.05) is 6.07 Å². The summed E-state index contributed by atoms with van der Waals surface area (Å²) >= 11 is 0. The Kier molecular flexibility index (Phi) is 7.23. The highest BCUT2D eigenvalue weighted by atomic mass is 32.2. The monoisotopic (exact) mass is 442 g/mol. The van der Waals surface area contributed by atoms with E-state index in [0.29, 0.717) is 0 Å². The molecule has 2 aromatic rings. The Bertz CT molecular complexity index is 1050. The summed E-state index contributed by atoms with van der Waals surface area (Å²) in [5.74, 6) is 0.157. The summed E-state index contributed by atoms with van der Waals surface area (Å²) < 4.78 is 30.2. The van der Waals surface area contributed by atoms with Gasteiger partial charge in [0.1, 0.15) is 12.2 Å². The van der Waals surface area contributed by atoms with Crippen LogP contribution in [0.1, 0.15) is 50.8 Å². The Morgan fingerprint density at radius 1 is 1.16 bits per heavy atom.